The van der Waals surface area contributed by atoms with E-state index in [9.17, 15) is 9.00 Å². The van der Waals surface area contributed by atoms with Gasteiger partial charge in [-0.05, 0) is 34.7 Å². The quantitative estimate of drug-likeness (QED) is 0.604. The van der Waals surface area contributed by atoms with Gasteiger partial charge in [0.1, 0.15) is 0 Å². The van der Waals surface area contributed by atoms with E-state index in [1.807, 2.05) is 24.3 Å². The summed E-state index contributed by atoms with van der Waals surface area (Å²) in [6.45, 7) is 1.98. The van der Waals surface area contributed by atoms with E-state index in [-0.39, 0.29) is 5.78 Å². The number of hydrogen-bond acceptors (Lipinski definition) is 3. The number of Topliss-reactive ketones (excluding diaryl/α,β-unsaturated/α-hetero) is 1. The lowest BCUT2D eigenvalue weighted by Gasteiger charge is -2.25. The molecule has 0 spiro atoms. The zero-order chi connectivity index (χ0) is 12.3. The molecule has 0 unspecified atom stereocenters. The normalized spacial score (nSPS) is 18.2. The first-order valence-corrected chi connectivity index (χ1v) is 8.08. The van der Waals surface area contributed by atoms with Gasteiger partial charge in [-0.1, -0.05) is 12.1 Å². The number of rotatable bonds is 3. The van der Waals surface area contributed by atoms with Gasteiger partial charge in [-0.3, -0.25) is 13.9 Å². The maximum atomic E-state index is 12.0. The molecule has 1 heterocycles. The molecule has 17 heavy (non-hydrogen) atoms. The predicted molar refractivity (Wildman–Crippen MR) is 77.8 cm³/mol. The van der Waals surface area contributed by atoms with Crippen molar-refractivity contribution in [2.24, 2.45) is 0 Å². The molecule has 3 nitrogen and oxygen atoms in total. The van der Waals surface area contributed by atoms with Crippen LogP contribution in [0.5, 0.6) is 0 Å². The molecule has 0 radical (unpaired) electrons. The van der Waals surface area contributed by atoms with Crippen LogP contribution in [0.1, 0.15) is 10.4 Å². The summed E-state index contributed by atoms with van der Waals surface area (Å²) in [4.78, 5) is 14.1. The van der Waals surface area contributed by atoms with Gasteiger partial charge in [0.15, 0.2) is 5.78 Å². The molecular formula is C12H14INO2S. The van der Waals surface area contributed by atoms with E-state index in [4.69, 9.17) is 0 Å². The van der Waals surface area contributed by atoms with Gasteiger partial charge in [0.25, 0.3) is 0 Å². The van der Waals surface area contributed by atoms with Crippen LogP contribution < -0.4 is 0 Å². The maximum absolute atomic E-state index is 12.0. The van der Waals surface area contributed by atoms with Crippen molar-refractivity contribution in [1.82, 2.24) is 4.90 Å². The molecule has 0 atom stereocenters. The molecule has 2 rings (SSSR count). The van der Waals surface area contributed by atoms with E-state index in [2.05, 4.69) is 27.5 Å². The molecule has 0 aromatic heterocycles. The van der Waals surface area contributed by atoms with E-state index in [0.717, 1.165) is 22.2 Å². The van der Waals surface area contributed by atoms with Crippen LogP contribution in [0.15, 0.2) is 24.3 Å². The number of benzene rings is 1. The van der Waals surface area contributed by atoms with Crippen molar-refractivity contribution in [2.45, 2.75) is 0 Å². The van der Waals surface area contributed by atoms with Gasteiger partial charge in [-0.2, -0.15) is 0 Å². The van der Waals surface area contributed by atoms with E-state index >= 15 is 0 Å². The van der Waals surface area contributed by atoms with Crippen LogP contribution in [0.3, 0.4) is 0 Å². The molecule has 1 aromatic carbocycles. The number of carbonyl (C=O) groups is 1. The molecule has 1 saturated heterocycles. The first kappa shape index (κ1) is 13.2. The summed E-state index contributed by atoms with van der Waals surface area (Å²) >= 11 is 2.22. The molecule has 5 heteroatoms. The zero-order valence-corrected chi connectivity index (χ0v) is 12.4. The molecule has 0 amide bonds. The highest BCUT2D eigenvalue weighted by atomic mass is 127. The van der Waals surface area contributed by atoms with E-state index in [0.29, 0.717) is 18.1 Å². The Morgan fingerprint density at radius 3 is 2.41 bits per heavy atom. The van der Waals surface area contributed by atoms with Gasteiger partial charge in [0, 0.05) is 44.5 Å². The van der Waals surface area contributed by atoms with Crippen LogP contribution in [-0.2, 0) is 10.8 Å². The molecule has 1 fully saturated rings. The van der Waals surface area contributed by atoms with Gasteiger partial charge in [0.2, 0.25) is 0 Å². The van der Waals surface area contributed by atoms with Crippen molar-refractivity contribution in [1.29, 1.82) is 0 Å². The summed E-state index contributed by atoms with van der Waals surface area (Å²) in [5, 5.41) is 0. The molecule has 1 aliphatic rings. The Labute approximate surface area is 117 Å². The van der Waals surface area contributed by atoms with Crippen molar-refractivity contribution < 1.29 is 9.00 Å². The summed E-state index contributed by atoms with van der Waals surface area (Å²) in [6, 6.07) is 7.62. The number of carbonyl (C=O) groups excluding carboxylic acids is 1. The molecule has 1 aromatic rings. The van der Waals surface area contributed by atoms with Gasteiger partial charge in [-0.25, -0.2) is 0 Å². The van der Waals surface area contributed by atoms with Crippen molar-refractivity contribution in [3.8, 4) is 0 Å². The summed E-state index contributed by atoms with van der Waals surface area (Å²) in [6.07, 6.45) is 0. The molecule has 0 aliphatic carbocycles. The number of halogens is 1. The second kappa shape index (κ2) is 6.06. The standard InChI is InChI=1S/C12H14INO2S/c13-11-3-1-10(2-4-11)12(15)9-14-5-7-17(16)8-6-14/h1-4H,5-9H2. The summed E-state index contributed by atoms with van der Waals surface area (Å²) in [5.41, 5.74) is 0.761. The smallest absolute Gasteiger partial charge is 0.176 e. The SMILES string of the molecule is O=C(CN1CCS(=O)CC1)c1ccc(I)cc1. The molecule has 0 bridgehead atoms. The summed E-state index contributed by atoms with van der Waals surface area (Å²) in [7, 11) is -0.677. The molecule has 0 N–H and O–H groups in total. The molecular weight excluding hydrogens is 349 g/mol. The van der Waals surface area contributed by atoms with E-state index in [1.54, 1.807) is 0 Å². The Morgan fingerprint density at radius 2 is 1.82 bits per heavy atom. The van der Waals surface area contributed by atoms with Crippen molar-refractivity contribution >= 4 is 39.2 Å². The average molecular weight is 363 g/mol. The Morgan fingerprint density at radius 1 is 1.24 bits per heavy atom. The lowest BCUT2D eigenvalue weighted by molar-refractivity contribution is 0.0936. The van der Waals surface area contributed by atoms with Crippen molar-refractivity contribution in [3.05, 3.63) is 33.4 Å². The van der Waals surface area contributed by atoms with Crippen LogP contribution in [0, 0.1) is 3.57 Å². The topological polar surface area (TPSA) is 37.4 Å². The first-order chi connectivity index (χ1) is 8.15. The molecule has 1 aliphatic heterocycles. The van der Waals surface area contributed by atoms with Crippen molar-refractivity contribution in [2.75, 3.05) is 31.1 Å². The minimum Gasteiger partial charge on any atom is -0.294 e. The highest BCUT2D eigenvalue weighted by Gasteiger charge is 2.18. The fraction of sp³-hybridized carbons (Fsp3) is 0.417. The van der Waals surface area contributed by atoms with Crippen LogP contribution in [0.4, 0.5) is 0 Å². The van der Waals surface area contributed by atoms with Crippen molar-refractivity contribution in [3.63, 3.8) is 0 Å². The fourth-order valence-electron chi connectivity index (χ4n) is 1.76. The highest BCUT2D eigenvalue weighted by molar-refractivity contribution is 14.1. The number of hydrogen-bond donors (Lipinski definition) is 0. The minimum absolute atomic E-state index is 0.147. The van der Waals surface area contributed by atoms with E-state index < -0.39 is 10.8 Å². The monoisotopic (exact) mass is 363 g/mol. The lowest BCUT2D eigenvalue weighted by Crippen LogP contribution is -2.40. The average Bonchev–Trinajstić information content (AvgIpc) is 2.33. The van der Waals surface area contributed by atoms with Gasteiger partial charge in [0.05, 0.1) is 6.54 Å². The zero-order valence-electron chi connectivity index (χ0n) is 9.39. The first-order valence-electron chi connectivity index (χ1n) is 5.51. The van der Waals surface area contributed by atoms with Crippen LogP contribution in [0.25, 0.3) is 0 Å². The maximum Gasteiger partial charge on any atom is 0.176 e. The van der Waals surface area contributed by atoms with Crippen LogP contribution in [0.2, 0.25) is 0 Å². The molecule has 92 valence electrons. The highest BCUT2D eigenvalue weighted by Crippen LogP contribution is 2.09. The van der Waals surface area contributed by atoms with E-state index in [1.165, 1.54) is 0 Å². The third-order valence-electron chi connectivity index (χ3n) is 2.80. The largest absolute Gasteiger partial charge is 0.294 e. The Balaban J connectivity index is 1.93. The summed E-state index contributed by atoms with van der Waals surface area (Å²) in [5.74, 6) is 1.54. The Hall–Kier alpha value is -0.270. The second-order valence-electron chi connectivity index (χ2n) is 4.05. The summed E-state index contributed by atoms with van der Waals surface area (Å²) < 4.78 is 12.3. The number of nitrogens with zero attached hydrogens (tertiary/aromatic N) is 1. The van der Waals surface area contributed by atoms with Crippen LogP contribution >= 0.6 is 22.6 Å². The van der Waals surface area contributed by atoms with Crippen LogP contribution in [-0.4, -0.2) is 46.0 Å². The Kier molecular flexibility index (Phi) is 4.69. The second-order valence-corrected chi connectivity index (χ2v) is 7.00. The third kappa shape index (κ3) is 3.86. The van der Waals surface area contributed by atoms with Gasteiger partial charge in [-0.15, -0.1) is 0 Å². The predicted octanol–water partition coefficient (Wildman–Crippen LogP) is 1.54. The minimum atomic E-state index is -0.677. The fourth-order valence-corrected chi connectivity index (χ4v) is 3.25. The van der Waals surface area contributed by atoms with Gasteiger partial charge >= 0.3 is 0 Å². The lowest BCUT2D eigenvalue weighted by atomic mass is 10.1. The molecule has 0 saturated carbocycles. The number of ketones is 1. The van der Waals surface area contributed by atoms with Gasteiger partial charge < -0.3 is 0 Å². The third-order valence-corrected chi connectivity index (χ3v) is 4.80. The Bertz CT molecular complexity index is 423.